The van der Waals surface area contributed by atoms with Gasteiger partial charge in [0.2, 0.25) is 0 Å². The number of halogens is 1. The van der Waals surface area contributed by atoms with Crippen LogP contribution in [0.15, 0.2) is 30.3 Å². The van der Waals surface area contributed by atoms with Gasteiger partial charge in [0.15, 0.2) is 0 Å². The molecule has 0 spiro atoms. The van der Waals surface area contributed by atoms with E-state index in [9.17, 15) is 4.39 Å². The minimum absolute atomic E-state index is 0.227. The van der Waals surface area contributed by atoms with Gasteiger partial charge in [0.05, 0.1) is 17.9 Å². The number of aryl methyl sites for hydroxylation is 2. The van der Waals surface area contributed by atoms with Crippen LogP contribution in [0.5, 0.6) is 0 Å². The molecule has 1 aromatic heterocycles. The average Bonchev–Trinajstić information content (AvgIpc) is 2.67. The lowest BCUT2D eigenvalue weighted by Crippen LogP contribution is -2.07. The van der Waals surface area contributed by atoms with Gasteiger partial charge in [-0.05, 0) is 38.1 Å². The van der Waals surface area contributed by atoms with Crippen LogP contribution in [0.1, 0.15) is 18.3 Å². The van der Waals surface area contributed by atoms with Crippen molar-refractivity contribution in [3.05, 3.63) is 47.5 Å². The fourth-order valence-electron chi connectivity index (χ4n) is 1.81. The van der Waals surface area contributed by atoms with Gasteiger partial charge in [0, 0.05) is 12.2 Å². The first-order chi connectivity index (χ1) is 8.19. The average molecular weight is 233 g/mol. The molecule has 0 radical (unpaired) electrons. The second-order valence-electron chi connectivity index (χ2n) is 3.96. The molecule has 0 fully saturated rings. The Hall–Kier alpha value is -1.84. The summed E-state index contributed by atoms with van der Waals surface area (Å²) in [7, 11) is 0. The van der Waals surface area contributed by atoms with Crippen LogP contribution >= 0.6 is 0 Å². The number of aromatic nitrogens is 2. The molecule has 3 nitrogen and oxygen atoms in total. The van der Waals surface area contributed by atoms with E-state index in [4.69, 9.17) is 0 Å². The highest BCUT2D eigenvalue weighted by molar-refractivity contribution is 5.43. The van der Waals surface area contributed by atoms with Crippen LogP contribution in [-0.4, -0.2) is 9.78 Å². The molecule has 1 N–H and O–H groups in total. The molecular formula is C13H16FN3. The molecule has 2 aromatic rings. The fourth-order valence-corrected chi connectivity index (χ4v) is 1.81. The number of hydrogen-bond donors (Lipinski definition) is 1. The van der Waals surface area contributed by atoms with E-state index in [1.165, 1.54) is 12.1 Å². The molecule has 0 aliphatic rings. The van der Waals surface area contributed by atoms with E-state index in [-0.39, 0.29) is 5.82 Å². The van der Waals surface area contributed by atoms with Crippen LogP contribution in [0.3, 0.4) is 0 Å². The Morgan fingerprint density at radius 3 is 2.88 bits per heavy atom. The van der Waals surface area contributed by atoms with Crippen LogP contribution < -0.4 is 5.32 Å². The van der Waals surface area contributed by atoms with Crippen molar-refractivity contribution in [3.63, 3.8) is 0 Å². The molecule has 1 aromatic carbocycles. The molecule has 0 saturated heterocycles. The Labute approximate surface area is 100 Å². The van der Waals surface area contributed by atoms with Gasteiger partial charge < -0.3 is 5.32 Å². The molecule has 0 bridgehead atoms. The minimum Gasteiger partial charge on any atom is -0.379 e. The second-order valence-corrected chi connectivity index (χ2v) is 3.96. The Morgan fingerprint density at radius 2 is 2.18 bits per heavy atom. The highest BCUT2D eigenvalue weighted by atomic mass is 19.1. The summed E-state index contributed by atoms with van der Waals surface area (Å²) in [5.74, 6) is -0.227. The van der Waals surface area contributed by atoms with Crippen molar-refractivity contribution in [1.29, 1.82) is 0 Å². The summed E-state index contributed by atoms with van der Waals surface area (Å²) in [6, 6.07) is 8.50. The summed E-state index contributed by atoms with van der Waals surface area (Å²) in [4.78, 5) is 0. The molecule has 17 heavy (non-hydrogen) atoms. The van der Waals surface area contributed by atoms with Crippen molar-refractivity contribution in [3.8, 4) is 0 Å². The summed E-state index contributed by atoms with van der Waals surface area (Å²) in [5.41, 5.74) is 2.89. The Balaban J connectivity index is 2.06. The smallest absolute Gasteiger partial charge is 0.125 e. The van der Waals surface area contributed by atoms with Crippen molar-refractivity contribution < 1.29 is 4.39 Å². The third-order valence-electron chi connectivity index (χ3n) is 2.58. The monoisotopic (exact) mass is 233 g/mol. The van der Waals surface area contributed by atoms with E-state index in [0.717, 1.165) is 23.6 Å². The maximum absolute atomic E-state index is 13.0. The van der Waals surface area contributed by atoms with Gasteiger partial charge in [-0.1, -0.05) is 6.07 Å². The van der Waals surface area contributed by atoms with Crippen molar-refractivity contribution in [1.82, 2.24) is 9.78 Å². The Kier molecular flexibility index (Phi) is 3.42. The fraction of sp³-hybridized carbons (Fsp3) is 0.308. The van der Waals surface area contributed by atoms with E-state index < -0.39 is 0 Å². The van der Waals surface area contributed by atoms with E-state index >= 15 is 0 Å². The third-order valence-corrected chi connectivity index (χ3v) is 2.58. The van der Waals surface area contributed by atoms with E-state index in [1.807, 2.05) is 23.7 Å². The summed E-state index contributed by atoms with van der Waals surface area (Å²) in [6.45, 7) is 5.52. The molecule has 0 saturated carbocycles. The summed E-state index contributed by atoms with van der Waals surface area (Å²) in [5, 5.41) is 7.55. The predicted molar refractivity (Wildman–Crippen MR) is 66.4 cm³/mol. The highest BCUT2D eigenvalue weighted by Crippen LogP contribution is 2.11. The van der Waals surface area contributed by atoms with Crippen LogP contribution in [0.25, 0.3) is 0 Å². The number of benzene rings is 1. The number of nitrogens with zero attached hydrogens (tertiary/aromatic N) is 2. The summed E-state index contributed by atoms with van der Waals surface area (Å²) < 4.78 is 14.9. The van der Waals surface area contributed by atoms with Crippen LogP contribution in [0.2, 0.25) is 0 Å². The van der Waals surface area contributed by atoms with Gasteiger partial charge in [0.25, 0.3) is 0 Å². The van der Waals surface area contributed by atoms with Gasteiger partial charge in [-0.15, -0.1) is 0 Å². The Morgan fingerprint density at radius 1 is 1.35 bits per heavy atom. The van der Waals surface area contributed by atoms with Gasteiger partial charge in [-0.25, -0.2) is 4.39 Å². The minimum atomic E-state index is -0.227. The highest BCUT2D eigenvalue weighted by Gasteiger charge is 2.03. The maximum Gasteiger partial charge on any atom is 0.125 e. The number of nitrogens with one attached hydrogen (secondary N) is 1. The summed E-state index contributed by atoms with van der Waals surface area (Å²) >= 11 is 0. The van der Waals surface area contributed by atoms with Gasteiger partial charge in [-0.3, -0.25) is 4.68 Å². The first-order valence-electron chi connectivity index (χ1n) is 5.72. The summed E-state index contributed by atoms with van der Waals surface area (Å²) in [6.07, 6.45) is 0. The van der Waals surface area contributed by atoms with Crippen LogP contribution in [-0.2, 0) is 13.1 Å². The quantitative estimate of drug-likeness (QED) is 0.879. The van der Waals surface area contributed by atoms with E-state index in [2.05, 4.69) is 17.3 Å². The predicted octanol–water partition coefficient (Wildman–Crippen LogP) is 2.96. The van der Waals surface area contributed by atoms with Crippen molar-refractivity contribution in [2.75, 3.05) is 5.32 Å². The van der Waals surface area contributed by atoms with Crippen LogP contribution in [0, 0.1) is 12.7 Å². The lowest BCUT2D eigenvalue weighted by molar-refractivity contribution is 0.621. The van der Waals surface area contributed by atoms with Crippen molar-refractivity contribution >= 4 is 5.69 Å². The Bertz CT molecular complexity index is 505. The second kappa shape index (κ2) is 4.99. The number of anilines is 1. The SMILES string of the molecule is CCn1nc(C)cc1CNc1cccc(F)c1. The molecule has 4 heteroatoms. The standard InChI is InChI=1S/C13H16FN3/c1-3-17-13(7-10(2)16-17)9-15-12-6-4-5-11(14)8-12/h4-8,15H,3,9H2,1-2H3. The zero-order chi connectivity index (χ0) is 12.3. The molecule has 0 aliphatic carbocycles. The topological polar surface area (TPSA) is 29.9 Å². The normalized spacial score (nSPS) is 10.5. The molecule has 1 heterocycles. The zero-order valence-corrected chi connectivity index (χ0v) is 10.1. The van der Waals surface area contributed by atoms with Gasteiger partial charge >= 0.3 is 0 Å². The van der Waals surface area contributed by atoms with Gasteiger partial charge in [0.1, 0.15) is 5.82 Å². The molecule has 2 rings (SSSR count). The van der Waals surface area contributed by atoms with E-state index in [0.29, 0.717) is 6.54 Å². The largest absolute Gasteiger partial charge is 0.379 e. The first kappa shape index (κ1) is 11.6. The third kappa shape index (κ3) is 2.84. The van der Waals surface area contributed by atoms with Crippen molar-refractivity contribution in [2.24, 2.45) is 0 Å². The number of hydrogen-bond acceptors (Lipinski definition) is 2. The van der Waals surface area contributed by atoms with Crippen molar-refractivity contribution in [2.45, 2.75) is 26.9 Å². The molecule has 0 atom stereocenters. The van der Waals surface area contributed by atoms with Crippen LogP contribution in [0.4, 0.5) is 10.1 Å². The molecule has 0 amide bonds. The zero-order valence-electron chi connectivity index (χ0n) is 10.1. The molecule has 0 unspecified atom stereocenters. The lowest BCUT2D eigenvalue weighted by atomic mass is 10.3. The molecular weight excluding hydrogens is 217 g/mol. The molecule has 0 aliphatic heterocycles. The number of rotatable bonds is 4. The van der Waals surface area contributed by atoms with Gasteiger partial charge in [-0.2, -0.15) is 5.10 Å². The molecule has 90 valence electrons. The van der Waals surface area contributed by atoms with E-state index in [1.54, 1.807) is 6.07 Å². The lowest BCUT2D eigenvalue weighted by Gasteiger charge is -2.07. The maximum atomic E-state index is 13.0. The first-order valence-corrected chi connectivity index (χ1v) is 5.72.